The molecule has 0 aromatic carbocycles. The number of rotatable bonds is 6. The van der Waals surface area contributed by atoms with Crippen LogP contribution in [0, 0.1) is 0 Å². The van der Waals surface area contributed by atoms with Crippen LogP contribution in [0.4, 0.5) is 0 Å². The monoisotopic (exact) mass is 265 g/mol. The number of nitrogens with one attached hydrogen (secondary N) is 2. The van der Waals surface area contributed by atoms with E-state index >= 15 is 0 Å². The van der Waals surface area contributed by atoms with E-state index in [1.807, 2.05) is 20.9 Å². The summed E-state index contributed by atoms with van der Waals surface area (Å²) in [6.45, 7) is 5.89. The van der Waals surface area contributed by atoms with Gasteiger partial charge < -0.3 is 10.1 Å². The average molecular weight is 265 g/mol. The third kappa shape index (κ3) is 4.89. The number of hydrogen-bond acceptors (Lipinski definition) is 4. The fraction of sp³-hybridized carbons (Fsp3) is 1.00. The van der Waals surface area contributed by atoms with Gasteiger partial charge in [-0.05, 0) is 33.9 Å². The first-order valence-corrected chi connectivity index (χ1v) is 7.44. The van der Waals surface area contributed by atoms with Gasteiger partial charge in [0.05, 0.1) is 12.2 Å². The molecule has 6 nitrogen and oxygen atoms in total. The molecule has 0 saturated carbocycles. The molecular formula is C10H23N3O3S. The van der Waals surface area contributed by atoms with Crippen LogP contribution < -0.4 is 10.0 Å². The molecule has 1 rings (SSSR count). The third-order valence-electron chi connectivity index (χ3n) is 2.61. The largest absolute Gasteiger partial charge is 0.373 e. The van der Waals surface area contributed by atoms with E-state index in [4.69, 9.17) is 4.74 Å². The third-order valence-corrected chi connectivity index (χ3v) is 4.16. The lowest BCUT2D eigenvalue weighted by atomic mass is 10.3. The SMILES string of the molecule is CNCCCNS(=O)(=O)N1C[C@@H](C)O[C@H](C)C1. The van der Waals surface area contributed by atoms with E-state index in [2.05, 4.69) is 10.0 Å². The molecule has 0 unspecified atom stereocenters. The molecule has 1 saturated heterocycles. The first-order chi connectivity index (χ1) is 7.95. The van der Waals surface area contributed by atoms with Crippen LogP contribution in [0.2, 0.25) is 0 Å². The van der Waals surface area contributed by atoms with Crippen molar-refractivity contribution in [3.63, 3.8) is 0 Å². The van der Waals surface area contributed by atoms with Crippen molar-refractivity contribution in [1.29, 1.82) is 0 Å². The summed E-state index contributed by atoms with van der Waals surface area (Å²) in [5.74, 6) is 0. The Hall–Kier alpha value is -0.210. The molecule has 0 amide bonds. The highest BCUT2D eigenvalue weighted by Gasteiger charge is 2.30. The molecule has 0 spiro atoms. The second kappa shape index (κ2) is 6.65. The molecule has 17 heavy (non-hydrogen) atoms. The van der Waals surface area contributed by atoms with Gasteiger partial charge in [0, 0.05) is 19.6 Å². The molecule has 2 N–H and O–H groups in total. The van der Waals surface area contributed by atoms with Gasteiger partial charge in [-0.15, -0.1) is 0 Å². The summed E-state index contributed by atoms with van der Waals surface area (Å²) in [6.07, 6.45) is 0.686. The minimum Gasteiger partial charge on any atom is -0.373 e. The van der Waals surface area contributed by atoms with E-state index in [1.165, 1.54) is 4.31 Å². The van der Waals surface area contributed by atoms with E-state index in [0.717, 1.165) is 13.0 Å². The average Bonchev–Trinajstić information content (AvgIpc) is 2.23. The first-order valence-electron chi connectivity index (χ1n) is 6.00. The molecule has 1 heterocycles. The summed E-state index contributed by atoms with van der Waals surface area (Å²) in [4.78, 5) is 0. The molecular weight excluding hydrogens is 242 g/mol. The maximum absolute atomic E-state index is 12.0. The summed E-state index contributed by atoms with van der Waals surface area (Å²) in [6, 6.07) is 0. The lowest BCUT2D eigenvalue weighted by molar-refractivity contribution is -0.0443. The molecule has 1 aliphatic rings. The van der Waals surface area contributed by atoms with Gasteiger partial charge in [0.2, 0.25) is 0 Å². The van der Waals surface area contributed by atoms with Crippen LogP contribution in [-0.2, 0) is 14.9 Å². The number of nitrogens with zero attached hydrogens (tertiary/aromatic N) is 1. The molecule has 0 aromatic rings. The fourth-order valence-electron chi connectivity index (χ4n) is 1.88. The highest BCUT2D eigenvalue weighted by molar-refractivity contribution is 7.87. The van der Waals surface area contributed by atoms with E-state index in [0.29, 0.717) is 19.6 Å². The predicted octanol–water partition coefficient (Wildman–Crippen LogP) is -0.460. The van der Waals surface area contributed by atoms with Gasteiger partial charge in [-0.2, -0.15) is 12.7 Å². The highest BCUT2D eigenvalue weighted by Crippen LogP contribution is 2.13. The zero-order chi connectivity index (χ0) is 12.9. The van der Waals surface area contributed by atoms with Crippen LogP contribution in [0.15, 0.2) is 0 Å². The maximum Gasteiger partial charge on any atom is 0.279 e. The zero-order valence-corrected chi connectivity index (χ0v) is 11.6. The van der Waals surface area contributed by atoms with Crippen molar-refractivity contribution < 1.29 is 13.2 Å². The van der Waals surface area contributed by atoms with Crippen molar-refractivity contribution in [3.05, 3.63) is 0 Å². The number of morpholine rings is 1. The normalized spacial score (nSPS) is 27.2. The minimum absolute atomic E-state index is 0.0485. The van der Waals surface area contributed by atoms with Gasteiger partial charge in [-0.3, -0.25) is 0 Å². The van der Waals surface area contributed by atoms with E-state index < -0.39 is 10.2 Å². The Kier molecular flexibility index (Phi) is 5.81. The Labute approximate surface area is 104 Å². The summed E-state index contributed by atoms with van der Waals surface area (Å²) in [5, 5.41) is 2.98. The summed E-state index contributed by atoms with van der Waals surface area (Å²) < 4.78 is 33.5. The molecule has 2 atom stereocenters. The van der Waals surface area contributed by atoms with Gasteiger partial charge >= 0.3 is 0 Å². The molecule has 7 heteroatoms. The molecule has 0 radical (unpaired) electrons. The zero-order valence-electron chi connectivity index (χ0n) is 10.8. The fourth-order valence-corrected chi connectivity index (χ4v) is 3.28. The molecule has 0 bridgehead atoms. The summed E-state index contributed by atoms with van der Waals surface area (Å²) >= 11 is 0. The van der Waals surface area contributed by atoms with Gasteiger partial charge in [-0.25, -0.2) is 4.72 Å². The lowest BCUT2D eigenvalue weighted by Crippen LogP contribution is -2.52. The van der Waals surface area contributed by atoms with Crippen LogP contribution >= 0.6 is 0 Å². The quantitative estimate of drug-likeness (QED) is 0.638. The molecule has 1 aliphatic heterocycles. The number of hydrogen-bond donors (Lipinski definition) is 2. The van der Waals surface area contributed by atoms with Crippen molar-refractivity contribution in [2.24, 2.45) is 0 Å². The van der Waals surface area contributed by atoms with Gasteiger partial charge in [0.25, 0.3) is 10.2 Å². The van der Waals surface area contributed by atoms with E-state index in [1.54, 1.807) is 0 Å². The van der Waals surface area contributed by atoms with Crippen LogP contribution in [0.1, 0.15) is 20.3 Å². The number of ether oxygens (including phenoxy) is 1. The smallest absolute Gasteiger partial charge is 0.279 e. The predicted molar refractivity (Wildman–Crippen MR) is 67.0 cm³/mol. The van der Waals surface area contributed by atoms with Crippen LogP contribution in [0.5, 0.6) is 0 Å². The Balaban J connectivity index is 2.45. The Bertz CT molecular complexity index is 311. The van der Waals surface area contributed by atoms with Gasteiger partial charge in [-0.1, -0.05) is 0 Å². The summed E-state index contributed by atoms with van der Waals surface area (Å²) in [5.41, 5.74) is 0. The lowest BCUT2D eigenvalue weighted by Gasteiger charge is -2.34. The van der Waals surface area contributed by atoms with Crippen LogP contribution in [0.25, 0.3) is 0 Å². The van der Waals surface area contributed by atoms with E-state index in [9.17, 15) is 8.42 Å². The van der Waals surface area contributed by atoms with Crippen molar-refractivity contribution in [3.8, 4) is 0 Å². The molecule has 102 valence electrons. The molecule has 0 aromatic heterocycles. The van der Waals surface area contributed by atoms with Crippen LogP contribution in [0.3, 0.4) is 0 Å². The van der Waals surface area contributed by atoms with E-state index in [-0.39, 0.29) is 12.2 Å². The van der Waals surface area contributed by atoms with Crippen molar-refractivity contribution in [2.45, 2.75) is 32.5 Å². The molecule has 1 fully saturated rings. The van der Waals surface area contributed by atoms with Crippen molar-refractivity contribution >= 4 is 10.2 Å². The Morgan fingerprint density at radius 3 is 2.35 bits per heavy atom. The van der Waals surface area contributed by atoms with Gasteiger partial charge in [0.1, 0.15) is 0 Å². The van der Waals surface area contributed by atoms with Crippen LogP contribution in [-0.4, -0.2) is 58.2 Å². The summed E-state index contributed by atoms with van der Waals surface area (Å²) in [7, 11) is -1.51. The Morgan fingerprint density at radius 2 is 1.82 bits per heavy atom. The topological polar surface area (TPSA) is 70.7 Å². The molecule has 0 aliphatic carbocycles. The standard InChI is InChI=1S/C10H23N3O3S/c1-9-7-13(8-10(2)16-9)17(14,15)12-6-4-5-11-3/h9-12H,4-8H2,1-3H3/t9-,10-/m1/s1. The maximum atomic E-state index is 12.0. The second-order valence-electron chi connectivity index (χ2n) is 4.43. The second-order valence-corrected chi connectivity index (χ2v) is 6.19. The minimum atomic E-state index is -3.35. The van der Waals surface area contributed by atoms with Crippen molar-refractivity contribution in [1.82, 2.24) is 14.3 Å². The first kappa shape index (κ1) is 14.8. The van der Waals surface area contributed by atoms with Gasteiger partial charge in [0.15, 0.2) is 0 Å². The highest BCUT2D eigenvalue weighted by atomic mass is 32.2. The Morgan fingerprint density at radius 1 is 1.24 bits per heavy atom. The van der Waals surface area contributed by atoms with Crippen molar-refractivity contribution in [2.75, 3.05) is 33.2 Å².